The molecule has 1 N–H and O–H groups in total. The second-order valence-corrected chi connectivity index (χ2v) is 6.63. The van der Waals surface area contributed by atoms with E-state index in [1.54, 1.807) is 11.1 Å². The smallest absolute Gasteiger partial charge is 0.0399 e. The zero-order valence-electron chi connectivity index (χ0n) is 13.5. The molecule has 1 aliphatic heterocycles. The van der Waals surface area contributed by atoms with Gasteiger partial charge in [-0.05, 0) is 81.3 Å². The van der Waals surface area contributed by atoms with Crippen molar-refractivity contribution in [2.24, 2.45) is 5.92 Å². The van der Waals surface area contributed by atoms with Crippen LogP contribution in [0.1, 0.15) is 45.4 Å². The maximum absolute atomic E-state index is 3.32. The van der Waals surface area contributed by atoms with Gasteiger partial charge in [0.15, 0.2) is 0 Å². The zero-order valence-corrected chi connectivity index (χ0v) is 13.5. The van der Waals surface area contributed by atoms with E-state index in [0.717, 1.165) is 13.1 Å². The number of rotatable bonds is 4. The highest BCUT2D eigenvalue weighted by molar-refractivity contribution is 5.41. The second kappa shape index (κ2) is 6.65. The Labute approximate surface area is 129 Å². The molecule has 2 aliphatic carbocycles. The van der Waals surface area contributed by atoms with Gasteiger partial charge in [0, 0.05) is 17.9 Å². The molecule has 2 heteroatoms. The summed E-state index contributed by atoms with van der Waals surface area (Å²) in [6.45, 7) is 4.54. The van der Waals surface area contributed by atoms with Crippen molar-refractivity contribution in [2.75, 3.05) is 20.1 Å². The average molecular weight is 284 g/mol. The summed E-state index contributed by atoms with van der Waals surface area (Å²) >= 11 is 0. The summed E-state index contributed by atoms with van der Waals surface area (Å²) in [5.74, 6) is 0.654. The third kappa shape index (κ3) is 3.16. The largest absolute Gasteiger partial charge is 0.341 e. The van der Waals surface area contributed by atoms with E-state index in [-0.39, 0.29) is 0 Å². The van der Waals surface area contributed by atoms with Crippen LogP contribution in [-0.2, 0) is 0 Å². The van der Waals surface area contributed by atoms with Gasteiger partial charge in [-0.15, -0.1) is 0 Å². The van der Waals surface area contributed by atoms with Crippen LogP contribution in [0, 0.1) is 5.92 Å². The average Bonchev–Trinajstić information content (AvgIpc) is 2.66. The van der Waals surface area contributed by atoms with E-state index in [9.17, 15) is 0 Å². The number of nitrogens with one attached hydrogen (secondary N) is 1. The van der Waals surface area contributed by atoms with Gasteiger partial charge in [-0.25, -0.2) is 0 Å². The van der Waals surface area contributed by atoms with Crippen molar-refractivity contribution in [1.29, 1.82) is 0 Å². The normalized spacial score (nSPS) is 23.0. The molecule has 0 aromatic rings. The Hall–Kier alpha value is -1.28. The van der Waals surface area contributed by atoms with Crippen LogP contribution in [0.2, 0.25) is 0 Å². The van der Waals surface area contributed by atoms with Crippen LogP contribution < -0.4 is 5.32 Å². The third-order valence-corrected chi connectivity index (χ3v) is 4.86. The van der Waals surface area contributed by atoms with Gasteiger partial charge in [0.2, 0.25) is 0 Å². The first kappa shape index (κ1) is 14.6. The summed E-state index contributed by atoms with van der Waals surface area (Å²) < 4.78 is 0. The van der Waals surface area contributed by atoms with E-state index >= 15 is 0 Å². The molecule has 0 amide bonds. The van der Waals surface area contributed by atoms with Crippen molar-refractivity contribution < 1.29 is 0 Å². The quantitative estimate of drug-likeness (QED) is 0.834. The molecule has 114 valence electrons. The van der Waals surface area contributed by atoms with Crippen LogP contribution in [0.5, 0.6) is 0 Å². The Morgan fingerprint density at radius 2 is 1.57 bits per heavy atom. The monoisotopic (exact) mass is 284 g/mol. The molecule has 0 fully saturated rings. The highest BCUT2D eigenvalue weighted by Crippen LogP contribution is 2.38. The Kier molecular flexibility index (Phi) is 4.64. The third-order valence-electron chi connectivity index (χ3n) is 4.86. The molecule has 1 atom stereocenters. The van der Waals surface area contributed by atoms with E-state index < -0.39 is 0 Å². The van der Waals surface area contributed by atoms with Gasteiger partial charge in [-0.1, -0.05) is 19.1 Å². The van der Waals surface area contributed by atoms with E-state index in [1.807, 2.05) is 0 Å². The summed E-state index contributed by atoms with van der Waals surface area (Å²) in [6.07, 6.45) is 17.0. The van der Waals surface area contributed by atoms with Crippen LogP contribution in [0.15, 0.2) is 46.8 Å². The Morgan fingerprint density at radius 3 is 2.10 bits per heavy atom. The molecule has 21 heavy (non-hydrogen) atoms. The van der Waals surface area contributed by atoms with E-state index in [0.29, 0.717) is 5.92 Å². The first-order chi connectivity index (χ1) is 10.3. The summed E-state index contributed by atoms with van der Waals surface area (Å²) in [5, 5.41) is 3.32. The fourth-order valence-electron chi connectivity index (χ4n) is 3.82. The summed E-state index contributed by atoms with van der Waals surface area (Å²) in [6, 6.07) is 0. The van der Waals surface area contributed by atoms with Crippen LogP contribution in [0.4, 0.5) is 0 Å². The molecule has 0 radical (unpaired) electrons. The van der Waals surface area contributed by atoms with Gasteiger partial charge in [0.1, 0.15) is 0 Å². The molecule has 2 nitrogen and oxygen atoms in total. The van der Waals surface area contributed by atoms with Crippen molar-refractivity contribution >= 4 is 0 Å². The fourth-order valence-corrected chi connectivity index (χ4v) is 3.82. The Balaban J connectivity index is 1.93. The van der Waals surface area contributed by atoms with Gasteiger partial charge < -0.3 is 10.2 Å². The minimum absolute atomic E-state index is 0.654. The van der Waals surface area contributed by atoms with Crippen molar-refractivity contribution in [1.82, 2.24) is 10.2 Å². The number of hydrogen-bond donors (Lipinski definition) is 1. The van der Waals surface area contributed by atoms with Crippen LogP contribution in [-0.4, -0.2) is 25.0 Å². The standard InChI is InChI=1S/C19H28N2/c1-15(13-20-2)14-21-18-9-5-3-7-16(18)11-12-17-8-4-6-10-19(17)21/h5-6,9-10,15,20H,3-4,7-8,11-14H2,1-2H3. The Morgan fingerprint density at radius 1 is 1.00 bits per heavy atom. The lowest BCUT2D eigenvalue weighted by molar-refractivity contribution is 0.357. The van der Waals surface area contributed by atoms with Crippen molar-refractivity contribution in [3.8, 4) is 0 Å². The van der Waals surface area contributed by atoms with Crippen molar-refractivity contribution in [2.45, 2.75) is 45.4 Å². The maximum atomic E-state index is 3.32. The lowest BCUT2D eigenvalue weighted by Gasteiger charge is -2.33. The summed E-state index contributed by atoms with van der Waals surface area (Å²) in [4.78, 5) is 2.62. The van der Waals surface area contributed by atoms with Gasteiger partial charge in [-0.2, -0.15) is 0 Å². The minimum Gasteiger partial charge on any atom is -0.341 e. The maximum Gasteiger partial charge on any atom is 0.0399 e. The molecule has 1 heterocycles. The van der Waals surface area contributed by atoms with Crippen molar-refractivity contribution in [3.05, 3.63) is 46.8 Å². The molecular formula is C19H28N2. The highest BCUT2D eigenvalue weighted by atomic mass is 15.2. The molecule has 1 unspecified atom stereocenters. The second-order valence-electron chi connectivity index (χ2n) is 6.63. The minimum atomic E-state index is 0.654. The van der Waals surface area contributed by atoms with Crippen LogP contribution in [0.3, 0.4) is 0 Å². The molecule has 3 aliphatic rings. The zero-order chi connectivity index (χ0) is 14.7. The lowest BCUT2D eigenvalue weighted by Crippen LogP contribution is -2.32. The molecule has 0 bridgehead atoms. The molecule has 3 rings (SSSR count). The summed E-state index contributed by atoms with van der Waals surface area (Å²) in [5.41, 5.74) is 6.36. The topological polar surface area (TPSA) is 15.3 Å². The molecule has 0 aromatic heterocycles. The van der Waals surface area contributed by atoms with Crippen LogP contribution >= 0.6 is 0 Å². The molecular weight excluding hydrogens is 256 g/mol. The number of nitrogens with zero attached hydrogens (tertiary/aromatic N) is 1. The molecule has 0 saturated carbocycles. The van der Waals surface area contributed by atoms with Gasteiger partial charge in [0.25, 0.3) is 0 Å². The number of allylic oxidation sites excluding steroid dienone is 6. The summed E-state index contributed by atoms with van der Waals surface area (Å²) in [7, 11) is 2.05. The van der Waals surface area contributed by atoms with Gasteiger partial charge >= 0.3 is 0 Å². The molecule has 0 aromatic carbocycles. The van der Waals surface area contributed by atoms with E-state index in [1.165, 1.54) is 49.9 Å². The molecule has 0 saturated heterocycles. The fraction of sp³-hybridized carbons (Fsp3) is 0.579. The predicted octanol–water partition coefficient (Wildman–Crippen LogP) is 4.15. The molecule has 0 spiro atoms. The first-order valence-electron chi connectivity index (χ1n) is 8.49. The van der Waals surface area contributed by atoms with E-state index in [4.69, 9.17) is 0 Å². The first-order valence-corrected chi connectivity index (χ1v) is 8.49. The lowest BCUT2D eigenvalue weighted by atomic mass is 9.94. The van der Waals surface area contributed by atoms with Crippen LogP contribution in [0.25, 0.3) is 0 Å². The Bertz CT molecular complexity index is 468. The van der Waals surface area contributed by atoms with Gasteiger partial charge in [-0.3, -0.25) is 0 Å². The van der Waals surface area contributed by atoms with Crippen molar-refractivity contribution in [3.63, 3.8) is 0 Å². The van der Waals surface area contributed by atoms with Gasteiger partial charge in [0.05, 0.1) is 0 Å². The predicted molar refractivity (Wildman–Crippen MR) is 89.8 cm³/mol. The SMILES string of the molecule is CNCC(C)CN1C2=C(CCC=C2)CCC2=C1C=CCC2. The highest BCUT2D eigenvalue weighted by Gasteiger charge is 2.25. The number of hydrogen-bond acceptors (Lipinski definition) is 2. The van der Waals surface area contributed by atoms with E-state index in [2.05, 4.69) is 48.5 Å².